The lowest BCUT2D eigenvalue weighted by atomic mass is 10.0. The van der Waals surface area contributed by atoms with E-state index in [1.165, 1.54) is 12.1 Å². The van der Waals surface area contributed by atoms with Crippen LogP contribution in [0.1, 0.15) is 18.4 Å². The summed E-state index contributed by atoms with van der Waals surface area (Å²) in [7, 11) is 0. The second kappa shape index (κ2) is 7.10. The Kier molecular flexibility index (Phi) is 4.62. The van der Waals surface area contributed by atoms with Crippen molar-refractivity contribution >= 4 is 22.5 Å². The third-order valence-electron chi connectivity index (χ3n) is 4.77. The molecule has 1 amide bonds. The summed E-state index contributed by atoms with van der Waals surface area (Å²) in [6.07, 6.45) is -3.10. The van der Waals surface area contributed by atoms with Gasteiger partial charge in [0.2, 0.25) is 5.91 Å². The lowest BCUT2D eigenvalue weighted by molar-refractivity contribution is -0.137. The van der Waals surface area contributed by atoms with Crippen molar-refractivity contribution in [2.24, 2.45) is 0 Å². The number of halogens is 3. The number of fused-ring (bicyclic) bond motifs is 1. The minimum absolute atomic E-state index is 0.0420. The highest BCUT2D eigenvalue weighted by Gasteiger charge is 2.30. The van der Waals surface area contributed by atoms with Crippen LogP contribution in [0.3, 0.4) is 0 Å². The molecule has 0 unspecified atom stereocenters. The average Bonchev–Trinajstić information content (AvgIpc) is 3.11. The van der Waals surface area contributed by atoms with Crippen molar-refractivity contribution in [1.29, 1.82) is 0 Å². The van der Waals surface area contributed by atoms with Crippen molar-refractivity contribution < 1.29 is 18.0 Å². The molecule has 2 heterocycles. The first-order valence-electron chi connectivity index (χ1n) is 8.88. The zero-order valence-electron chi connectivity index (χ0n) is 14.8. The van der Waals surface area contributed by atoms with E-state index in [2.05, 4.69) is 20.8 Å². The fraction of sp³-hybridized carbons (Fsp3) is 0.250. The Morgan fingerprint density at radius 3 is 2.39 bits per heavy atom. The highest BCUT2D eigenvalue weighted by Crippen LogP contribution is 2.33. The molecule has 0 aliphatic carbocycles. The van der Waals surface area contributed by atoms with E-state index < -0.39 is 11.7 Å². The predicted molar refractivity (Wildman–Crippen MR) is 99.6 cm³/mol. The molecule has 2 N–H and O–H groups in total. The first kappa shape index (κ1) is 18.2. The van der Waals surface area contributed by atoms with E-state index in [1.54, 1.807) is 0 Å². The Bertz CT molecular complexity index is 1020. The Morgan fingerprint density at radius 2 is 1.75 bits per heavy atom. The van der Waals surface area contributed by atoms with E-state index in [9.17, 15) is 18.0 Å². The van der Waals surface area contributed by atoms with E-state index in [-0.39, 0.29) is 11.9 Å². The van der Waals surface area contributed by atoms with Gasteiger partial charge in [-0.1, -0.05) is 36.4 Å². The van der Waals surface area contributed by atoms with Crippen molar-refractivity contribution in [3.05, 3.63) is 54.1 Å². The van der Waals surface area contributed by atoms with Gasteiger partial charge in [0.15, 0.2) is 5.82 Å². The molecule has 1 saturated heterocycles. The second-order valence-electron chi connectivity index (χ2n) is 6.70. The molecule has 0 spiro atoms. The van der Waals surface area contributed by atoms with Gasteiger partial charge in [-0.15, -0.1) is 10.2 Å². The number of benzene rings is 2. The zero-order valence-corrected chi connectivity index (χ0v) is 14.8. The van der Waals surface area contributed by atoms with Crippen molar-refractivity contribution in [1.82, 2.24) is 15.5 Å². The smallest absolute Gasteiger partial charge is 0.366 e. The fourth-order valence-corrected chi connectivity index (χ4v) is 3.32. The summed E-state index contributed by atoms with van der Waals surface area (Å²) in [5.41, 5.74) is 0.376. The summed E-state index contributed by atoms with van der Waals surface area (Å²) in [4.78, 5) is 11.3. The van der Waals surface area contributed by atoms with Gasteiger partial charge in [0, 0.05) is 35.3 Å². The summed E-state index contributed by atoms with van der Waals surface area (Å²) >= 11 is 0. The summed E-state index contributed by atoms with van der Waals surface area (Å²) < 4.78 is 38.4. The van der Waals surface area contributed by atoms with Crippen LogP contribution in [-0.4, -0.2) is 28.7 Å². The van der Waals surface area contributed by atoms with Gasteiger partial charge in [-0.3, -0.25) is 4.79 Å². The van der Waals surface area contributed by atoms with Crippen LogP contribution >= 0.6 is 0 Å². The first-order valence-corrected chi connectivity index (χ1v) is 8.88. The Labute approximate surface area is 159 Å². The maximum atomic E-state index is 12.8. The van der Waals surface area contributed by atoms with Crippen LogP contribution in [0.5, 0.6) is 0 Å². The molecule has 2 aromatic carbocycles. The van der Waals surface area contributed by atoms with E-state index in [0.717, 1.165) is 29.3 Å². The summed E-state index contributed by atoms with van der Waals surface area (Å²) in [6.45, 7) is 0.532. The molecule has 28 heavy (non-hydrogen) atoms. The molecule has 1 aliphatic heterocycles. The van der Waals surface area contributed by atoms with Crippen molar-refractivity contribution in [3.63, 3.8) is 0 Å². The number of nitrogens with zero attached hydrogens (tertiary/aromatic N) is 2. The van der Waals surface area contributed by atoms with Crippen LogP contribution in [0.25, 0.3) is 22.0 Å². The number of aromatic nitrogens is 2. The van der Waals surface area contributed by atoms with Gasteiger partial charge in [-0.25, -0.2) is 0 Å². The monoisotopic (exact) mass is 386 g/mol. The second-order valence-corrected chi connectivity index (χ2v) is 6.70. The Hall–Kier alpha value is -3.16. The summed E-state index contributed by atoms with van der Waals surface area (Å²) in [5.74, 6) is 0.618. The van der Waals surface area contributed by atoms with Gasteiger partial charge in [-0.2, -0.15) is 13.2 Å². The first-order chi connectivity index (χ1) is 13.4. The molecule has 3 aromatic rings. The summed E-state index contributed by atoms with van der Waals surface area (Å²) in [5, 5.41) is 16.2. The molecular weight excluding hydrogens is 369 g/mol. The number of hydrogen-bond donors (Lipinski definition) is 2. The van der Waals surface area contributed by atoms with E-state index in [0.29, 0.717) is 30.0 Å². The lowest BCUT2D eigenvalue weighted by Gasteiger charge is -2.14. The SMILES string of the molecule is O=C1CC[C@H](CNc2nnc(-c3ccc(C(F)(F)F)cc3)c3ccccc23)N1. The van der Waals surface area contributed by atoms with Crippen molar-refractivity contribution in [3.8, 4) is 11.3 Å². The van der Waals surface area contributed by atoms with Gasteiger partial charge >= 0.3 is 6.18 Å². The van der Waals surface area contributed by atoms with Gasteiger partial charge in [0.05, 0.1) is 5.56 Å². The number of anilines is 1. The predicted octanol–water partition coefficient (Wildman–Crippen LogP) is 4.01. The molecule has 8 heteroatoms. The number of nitrogens with one attached hydrogen (secondary N) is 2. The highest BCUT2D eigenvalue weighted by molar-refractivity contribution is 6.00. The fourth-order valence-electron chi connectivity index (χ4n) is 3.32. The number of amides is 1. The van der Waals surface area contributed by atoms with Crippen LogP contribution in [0.4, 0.5) is 19.0 Å². The standard InChI is InChI=1S/C20H17F3N4O/c21-20(22,23)13-7-5-12(6-8-13)18-15-3-1-2-4-16(15)19(27-26-18)24-11-14-9-10-17(28)25-14/h1-8,14H,9-11H2,(H,24,27)(H,25,28)/t14-/m1/s1. The molecule has 0 saturated carbocycles. The third-order valence-corrected chi connectivity index (χ3v) is 4.77. The number of carbonyl (C=O) groups excluding carboxylic acids is 1. The topological polar surface area (TPSA) is 66.9 Å². The highest BCUT2D eigenvalue weighted by atomic mass is 19.4. The lowest BCUT2D eigenvalue weighted by Crippen LogP contribution is -2.32. The van der Waals surface area contributed by atoms with Gasteiger partial charge in [-0.05, 0) is 18.6 Å². The molecule has 1 fully saturated rings. The Balaban J connectivity index is 1.65. The average molecular weight is 386 g/mol. The van der Waals surface area contributed by atoms with E-state index in [4.69, 9.17) is 0 Å². The summed E-state index contributed by atoms with van der Waals surface area (Å²) in [6, 6.07) is 12.4. The maximum Gasteiger partial charge on any atom is 0.416 e. The molecule has 4 rings (SSSR count). The van der Waals surface area contributed by atoms with Gasteiger partial charge in [0.25, 0.3) is 0 Å². The molecule has 1 aromatic heterocycles. The molecule has 1 atom stereocenters. The minimum atomic E-state index is -4.38. The van der Waals surface area contributed by atoms with Crippen molar-refractivity contribution in [2.45, 2.75) is 25.1 Å². The zero-order chi connectivity index (χ0) is 19.7. The van der Waals surface area contributed by atoms with Crippen LogP contribution in [0.15, 0.2) is 48.5 Å². The molecule has 0 bridgehead atoms. The van der Waals surface area contributed by atoms with Crippen LogP contribution in [0, 0.1) is 0 Å². The number of carbonyl (C=O) groups is 1. The van der Waals surface area contributed by atoms with Crippen molar-refractivity contribution in [2.75, 3.05) is 11.9 Å². The van der Waals surface area contributed by atoms with E-state index >= 15 is 0 Å². The Morgan fingerprint density at radius 1 is 1.04 bits per heavy atom. The normalized spacial score (nSPS) is 17.0. The van der Waals surface area contributed by atoms with Crippen LogP contribution in [0.2, 0.25) is 0 Å². The van der Waals surface area contributed by atoms with Crippen LogP contribution < -0.4 is 10.6 Å². The molecular formula is C20H17F3N4O. The molecule has 0 radical (unpaired) electrons. The van der Waals surface area contributed by atoms with Gasteiger partial charge < -0.3 is 10.6 Å². The number of alkyl halides is 3. The quantitative estimate of drug-likeness (QED) is 0.711. The number of rotatable bonds is 4. The molecule has 5 nitrogen and oxygen atoms in total. The maximum absolute atomic E-state index is 12.8. The number of hydrogen-bond acceptors (Lipinski definition) is 4. The van der Waals surface area contributed by atoms with Crippen LogP contribution in [-0.2, 0) is 11.0 Å². The third kappa shape index (κ3) is 3.62. The molecule has 144 valence electrons. The van der Waals surface area contributed by atoms with E-state index in [1.807, 2.05) is 24.3 Å². The van der Waals surface area contributed by atoms with Gasteiger partial charge in [0.1, 0.15) is 5.69 Å². The minimum Gasteiger partial charge on any atom is -0.366 e. The largest absolute Gasteiger partial charge is 0.416 e. The molecule has 1 aliphatic rings.